The maximum Gasteiger partial charge on any atom is 0.124 e. The molecule has 1 aliphatic rings. The molecule has 21 heavy (non-hydrogen) atoms. The van der Waals surface area contributed by atoms with E-state index in [1.165, 1.54) is 26.3 Å². The quantitative estimate of drug-likeness (QED) is 0.765. The summed E-state index contributed by atoms with van der Waals surface area (Å²) in [6, 6.07) is 8.17. The lowest BCUT2D eigenvalue weighted by Gasteiger charge is -2.20. The molecular formula is C16H19IN2OS. The largest absolute Gasteiger partial charge is 0.488 e. The van der Waals surface area contributed by atoms with Gasteiger partial charge in [0.15, 0.2) is 0 Å². The van der Waals surface area contributed by atoms with Gasteiger partial charge in [-0.05, 0) is 79.7 Å². The summed E-state index contributed by atoms with van der Waals surface area (Å²) in [5.41, 5.74) is 1.12. The van der Waals surface area contributed by atoms with Crippen molar-refractivity contribution in [2.24, 2.45) is 0 Å². The molecule has 1 N–H and O–H groups in total. The first kappa shape index (κ1) is 15.2. The molecule has 5 heteroatoms. The van der Waals surface area contributed by atoms with Gasteiger partial charge in [0.1, 0.15) is 12.4 Å². The zero-order chi connectivity index (χ0) is 14.7. The van der Waals surface area contributed by atoms with Crippen LogP contribution >= 0.6 is 33.9 Å². The van der Waals surface area contributed by atoms with E-state index in [4.69, 9.17) is 9.72 Å². The van der Waals surface area contributed by atoms with Crippen LogP contribution in [0.3, 0.4) is 0 Å². The first-order chi connectivity index (χ1) is 10.2. The van der Waals surface area contributed by atoms with E-state index >= 15 is 0 Å². The predicted octanol–water partition coefficient (Wildman–Crippen LogP) is 4.10. The van der Waals surface area contributed by atoms with Crippen LogP contribution in [0.2, 0.25) is 0 Å². The van der Waals surface area contributed by atoms with Gasteiger partial charge in [-0.15, -0.1) is 11.3 Å². The summed E-state index contributed by atoms with van der Waals surface area (Å²) in [7, 11) is 0. The van der Waals surface area contributed by atoms with Crippen molar-refractivity contribution in [2.45, 2.75) is 32.3 Å². The van der Waals surface area contributed by atoms with E-state index in [0.717, 1.165) is 24.5 Å². The van der Waals surface area contributed by atoms with Gasteiger partial charge in [-0.2, -0.15) is 0 Å². The number of aromatic nitrogens is 1. The first-order valence-corrected chi connectivity index (χ1v) is 9.17. The van der Waals surface area contributed by atoms with E-state index in [0.29, 0.717) is 12.5 Å². The molecule has 0 bridgehead atoms. The van der Waals surface area contributed by atoms with Crippen LogP contribution in [-0.4, -0.2) is 18.1 Å². The summed E-state index contributed by atoms with van der Waals surface area (Å²) >= 11 is 4.12. The number of piperidine rings is 1. The van der Waals surface area contributed by atoms with Gasteiger partial charge in [0.2, 0.25) is 0 Å². The molecule has 0 radical (unpaired) electrons. The average molecular weight is 414 g/mol. The van der Waals surface area contributed by atoms with E-state index in [1.54, 1.807) is 0 Å². The van der Waals surface area contributed by atoms with Gasteiger partial charge in [-0.25, -0.2) is 4.98 Å². The van der Waals surface area contributed by atoms with Gasteiger partial charge in [-0.3, -0.25) is 0 Å². The number of benzene rings is 1. The number of halogens is 1. The van der Waals surface area contributed by atoms with Gasteiger partial charge in [0.25, 0.3) is 0 Å². The Labute approximate surface area is 143 Å². The van der Waals surface area contributed by atoms with Gasteiger partial charge < -0.3 is 10.1 Å². The number of rotatable bonds is 4. The van der Waals surface area contributed by atoms with E-state index in [1.807, 2.05) is 23.5 Å². The zero-order valence-corrected chi connectivity index (χ0v) is 15.0. The van der Waals surface area contributed by atoms with Crippen LogP contribution in [0.15, 0.2) is 24.3 Å². The highest BCUT2D eigenvalue weighted by atomic mass is 127. The molecule has 2 aromatic rings. The molecule has 1 saturated heterocycles. The lowest BCUT2D eigenvalue weighted by atomic mass is 9.99. The molecule has 1 aromatic carbocycles. The van der Waals surface area contributed by atoms with Gasteiger partial charge in [0.05, 0.1) is 15.6 Å². The minimum Gasteiger partial charge on any atom is -0.488 e. The van der Waals surface area contributed by atoms with E-state index in [9.17, 15) is 0 Å². The number of aryl methyl sites for hydroxylation is 1. The van der Waals surface area contributed by atoms with Crippen LogP contribution in [0.1, 0.15) is 34.3 Å². The molecule has 0 saturated carbocycles. The Hall–Kier alpha value is -0.660. The third-order valence-corrected chi connectivity index (χ3v) is 5.79. The molecule has 3 rings (SSSR count). The first-order valence-electron chi connectivity index (χ1n) is 7.27. The summed E-state index contributed by atoms with van der Waals surface area (Å²) < 4.78 is 7.11. The van der Waals surface area contributed by atoms with Crippen molar-refractivity contribution in [2.75, 3.05) is 13.1 Å². The maximum absolute atomic E-state index is 5.88. The Kier molecular flexibility index (Phi) is 5.13. The Morgan fingerprint density at radius 1 is 1.29 bits per heavy atom. The van der Waals surface area contributed by atoms with Gasteiger partial charge in [-0.1, -0.05) is 0 Å². The molecule has 3 nitrogen and oxygen atoms in total. The molecule has 2 heterocycles. The van der Waals surface area contributed by atoms with Crippen molar-refractivity contribution >= 4 is 33.9 Å². The molecular weight excluding hydrogens is 395 g/mol. The minimum absolute atomic E-state index is 0.620. The fraction of sp³-hybridized carbons (Fsp3) is 0.438. The second-order valence-corrected chi connectivity index (χ2v) is 7.69. The predicted molar refractivity (Wildman–Crippen MR) is 95.2 cm³/mol. The van der Waals surface area contributed by atoms with Crippen molar-refractivity contribution in [3.8, 4) is 5.75 Å². The van der Waals surface area contributed by atoms with Crippen LogP contribution in [0.5, 0.6) is 5.75 Å². The minimum atomic E-state index is 0.620. The maximum atomic E-state index is 5.88. The van der Waals surface area contributed by atoms with Crippen molar-refractivity contribution in [3.63, 3.8) is 0 Å². The van der Waals surface area contributed by atoms with Crippen molar-refractivity contribution in [1.82, 2.24) is 10.3 Å². The fourth-order valence-corrected chi connectivity index (χ4v) is 4.02. The molecule has 1 fully saturated rings. The van der Waals surface area contributed by atoms with Crippen LogP contribution in [-0.2, 0) is 6.61 Å². The van der Waals surface area contributed by atoms with E-state index in [-0.39, 0.29) is 0 Å². The highest BCUT2D eigenvalue weighted by molar-refractivity contribution is 14.1. The number of nitrogens with one attached hydrogen (secondary N) is 1. The monoisotopic (exact) mass is 414 g/mol. The van der Waals surface area contributed by atoms with Gasteiger partial charge >= 0.3 is 0 Å². The lowest BCUT2D eigenvalue weighted by molar-refractivity contribution is 0.308. The SMILES string of the molecule is Cc1nc(C2CCNCC2)sc1COc1ccc(I)cc1. The molecule has 0 aliphatic carbocycles. The number of nitrogens with zero attached hydrogens (tertiary/aromatic N) is 1. The third kappa shape index (κ3) is 3.96. The van der Waals surface area contributed by atoms with Crippen molar-refractivity contribution in [1.29, 1.82) is 0 Å². The summed E-state index contributed by atoms with van der Waals surface area (Å²) in [5, 5.41) is 4.70. The smallest absolute Gasteiger partial charge is 0.124 e. The molecule has 0 atom stereocenters. The van der Waals surface area contributed by atoms with Crippen LogP contribution in [0.4, 0.5) is 0 Å². The highest BCUT2D eigenvalue weighted by Gasteiger charge is 2.20. The molecule has 1 aromatic heterocycles. The number of hydrogen-bond acceptors (Lipinski definition) is 4. The normalized spacial score (nSPS) is 16.1. The topological polar surface area (TPSA) is 34.2 Å². The second-order valence-electron chi connectivity index (χ2n) is 5.33. The third-order valence-electron chi connectivity index (χ3n) is 3.78. The molecule has 0 unspecified atom stereocenters. The van der Waals surface area contributed by atoms with Crippen LogP contribution < -0.4 is 10.1 Å². The zero-order valence-electron chi connectivity index (χ0n) is 12.1. The Bertz CT molecular complexity index is 591. The van der Waals surface area contributed by atoms with Crippen LogP contribution in [0.25, 0.3) is 0 Å². The van der Waals surface area contributed by atoms with Crippen LogP contribution in [0, 0.1) is 10.5 Å². The number of ether oxygens (including phenoxy) is 1. The molecule has 1 aliphatic heterocycles. The van der Waals surface area contributed by atoms with Crippen molar-refractivity contribution < 1.29 is 4.74 Å². The summed E-state index contributed by atoms with van der Waals surface area (Å²) in [6.07, 6.45) is 2.40. The Morgan fingerprint density at radius 2 is 2.00 bits per heavy atom. The molecule has 0 amide bonds. The number of hydrogen-bond donors (Lipinski definition) is 1. The highest BCUT2D eigenvalue weighted by Crippen LogP contribution is 2.31. The fourth-order valence-electron chi connectivity index (χ4n) is 2.51. The van der Waals surface area contributed by atoms with E-state index in [2.05, 4.69) is 47.0 Å². The second kappa shape index (κ2) is 7.07. The van der Waals surface area contributed by atoms with Gasteiger partial charge in [0, 0.05) is 9.49 Å². The standard InChI is InChI=1S/C16H19IN2OS/c1-11-15(10-20-14-4-2-13(17)3-5-14)21-16(19-11)12-6-8-18-9-7-12/h2-5,12,18H,6-10H2,1H3. The van der Waals surface area contributed by atoms with Crippen molar-refractivity contribution in [3.05, 3.63) is 43.4 Å². The Morgan fingerprint density at radius 3 is 2.71 bits per heavy atom. The summed E-state index contributed by atoms with van der Waals surface area (Å²) in [6.45, 7) is 4.93. The average Bonchev–Trinajstić information content (AvgIpc) is 2.89. The summed E-state index contributed by atoms with van der Waals surface area (Å²) in [5.74, 6) is 1.55. The van der Waals surface area contributed by atoms with E-state index < -0.39 is 0 Å². The molecule has 0 spiro atoms. The molecule has 112 valence electrons. The number of thiazole rings is 1. The Balaban J connectivity index is 1.65. The summed E-state index contributed by atoms with van der Waals surface area (Å²) in [4.78, 5) is 6.02. The lowest BCUT2D eigenvalue weighted by Crippen LogP contribution is -2.26.